The van der Waals surface area contributed by atoms with Crippen LogP contribution in [0.4, 0.5) is 0 Å². The number of allylic oxidation sites excluding steroid dienone is 3. The summed E-state index contributed by atoms with van der Waals surface area (Å²) in [4.78, 5) is 10.8. The number of hydrogen-bond donors (Lipinski definition) is 1. The lowest BCUT2D eigenvalue weighted by molar-refractivity contribution is -0.140. The van der Waals surface area contributed by atoms with Crippen molar-refractivity contribution in [2.24, 2.45) is 0 Å². The molecule has 3 nitrogen and oxygen atoms in total. The van der Waals surface area contributed by atoms with Crippen molar-refractivity contribution >= 4 is 5.97 Å². The molecule has 0 rings (SSSR count). The monoisotopic (exact) mass is 254 g/mol. The SMILES string of the molecule is CCCCCC(O)/C=C/C=C\CCCC(=O)OC. The number of carbonyl (C=O) groups excluding carboxylic acids is 1. The summed E-state index contributed by atoms with van der Waals surface area (Å²) in [6.07, 6.45) is 13.6. The van der Waals surface area contributed by atoms with Crippen molar-refractivity contribution in [3.8, 4) is 0 Å². The Hall–Kier alpha value is -1.09. The molecule has 1 N–H and O–H groups in total. The summed E-state index contributed by atoms with van der Waals surface area (Å²) in [6, 6.07) is 0. The zero-order valence-corrected chi connectivity index (χ0v) is 11.6. The third-order valence-corrected chi connectivity index (χ3v) is 2.66. The van der Waals surface area contributed by atoms with Crippen molar-refractivity contribution in [1.82, 2.24) is 0 Å². The molecule has 18 heavy (non-hydrogen) atoms. The molecule has 104 valence electrons. The number of rotatable bonds is 10. The van der Waals surface area contributed by atoms with E-state index in [4.69, 9.17) is 0 Å². The number of ether oxygens (including phenoxy) is 1. The van der Waals surface area contributed by atoms with E-state index in [-0.39, 0.29) is 12.1 Å². The summed E-state index contributed by atoms with van der Waals surface area (Å²) in [5, 5.41) is 9.60. The van der Waals surface area contributed by atoms with Crippen molar-refractivity contribution in [3.63, 3.8) is 0 Å². The largest absolute Gasteiger partial charge is 0.469 e. The second-order valence-electron chi connectivity index (χ2n) is 4.34. The molecule has 0 saturated carbocycles. The summed E-state index contributed by atoms with van der Waals surface area (Å²) in [7, 11) is 1.40. The van der Waals surface area contributed by atoms with E-state index in [0.29, 0.717) is 6.42 Å². The third-order valence-electron chi connectivity index (χ3n) is 2.66. The van der Waals surface area contributed by atoms with E-state index in [2.05, 4.69) is 11.7 Å². The van der Waals surface area contributed by atoms with Gasteiger partial charge < -0.3 is 9.84 Å². The second kappa shape index (κ2) is 12.4. The van der Waals surface area contributed by atoms with E-state index in [1.54, 1.807) is 0 Å². The van der Waals surface area contributed by atoms with Crippen LogP contribution in [0.3, 0.4) is 0 Å². The lowest BCUT2D eigenvalue weighted by Gasteiger charge is -2.03. The average molecular weight is 254 g/mol. The number of esters is 1. The van der Waals surface area contributed by atoms with E-state index < -0.39 is 0 Å². The maximum atomic E-state index is 10.8. The summed E-state index contributed by atoms with van der Waals surface area (Å²) in [5.41, 5.74) is 0. The molecule has 0 saturated heterocycles. The normalized spacial score (nSPS) is 13.3. The highest BCUT2D eigenvalue weighted by atomic mass is 16.5. The minimum Gasteiger partial charge on any atom is -0.469 e. The van der Waals surface area contributed by atoms with Gasteiger partial charge in [-0.25, -0.2) is 0 Å². The first-order valence-corrected chi connectivity index (χ1v) is 6.79. The van der Waals surface area contributed by atoms with Crippen molar-refractivity contribution in [1.29, 1.82) is 0 Å². The molecule has 0 aromatic carbocycles. The highest BCUT2D eigenvalue weighted by Gasteiger charge is 1.97. The van der Waals surface area contributed by atoms with Gasteiger partial charge in [-0.05, 0) is 19.3 Å². The van der Waals surface area contributed by atoms with Crippen molar-refractivity contribution in [3.05, 3.63) is 24.3 Å². The van der Waals surface area contributed by atoms with E-state index in [1.807, 2.05) is 24.3 Å². The molecular weight excluding hydrogens is 228 g/mol. The minimum absolute atomic E-state index is 0.162. The Balaban J connectivity index is 3.52. The van der Waals surface area contributed by atoms with Crippen LogP contribution in [-0.2, 0) is 9.53 Å². The fraction of sp³-hybridized carbons (Fsp3) is 0.667. The van der Waals surface area contributed by atoms with Crippen molar-refractivity contribution in [2.45, 2.75) is 58.0 Å². The molecule has 3 heteroatoms. The maximum Gasteiger partial charge on any atom is 0.305 e. The van der Waals surface area contributed by atoms with E-state index in [9.17, 15) is 9.90 Å². The van der Waals surface area contributed by atoms with Gasteiger partial charge in [-0.1, -0.05) is 50.5 Å². The quantitative estimate of drug-likeness (QED) is 0.369. The van der Waals surface area contributed by atoms with Gasteiger partial charge in [0.1, 0.15) is 0 Å². The summed E-state index contributed by atoms with van der Waals surface area (Å²) < 4.78 is 4.55. The summed E-state index contributed by atoms with van der Waals surface area (Å²) in [6.45, 7) is 2.15. The number of methoxy groups -OCH3 is 1. The molecule has 0 amide bonds. The molecule has 0 bridgehead atoms. The van der Waals surface area contributed by atoms with Crippen LogP contribution in [0.5, 0.6) is 0 Å². The van der Waals surface area contributed by atoms with E-state index in [1.165, 1.54) is 20.0 Å². The molecule has 0 fully saturated rings. The molecule has 0 aliphatic heterocycles. The molecule has 0 aliphatic carbocycles. The van der Waals surface area contributed by atoms with Gasteiger partial charge in [0.15, 0.2) is 0 Å². The zero-order valence-electron chi connectivity index (χ0n) is 11.6. The second-order valence-corrected chi connectivity index (χ2v) is 4.34. The number of hydrogen-bond acceptors (Lipinski definition) is 3. The molecule has 0 aromatic rings. The topological polar surface area (TPSA) is 46.5 Å². The minimum atomic E-state index is -0.337. The predicted molar refractivity (Wildman–Crippen MR) is 74.3 cm³/mol. The number of aliphatic hydroxyl groups is 1. The van der Waals surface area contributed by atoms with Gasteiger partial charge in [0.2, 0.25) is 0 Å². The highest BCUT2D eigenvalue weighted by molar-refractivity contribution is 5.69. The van der Waals surface area contributed by atoms with Crippen LogP contribution in [0, 0.1) is 0 Å². The number of aliphatic hydroxyl groups excluding tert-OH is 1. The Morgan fingerprint density at radius 1 is 1.28 bits per heavy atom. The molecule has 0 aliphatic rings. The van der Waals surface area contributed by atoms with Gasteiger partial charge in [0.05, 0.1) is 13.2 Å². The molecular formula is C15H26O3. The zero-order chi connectivity index (χ0) is 13.6. The lowest BCUT2D eigenvalue weighted by Crippen LogP contribution is -2.00. The van der Waals surface area contributed by atoms with E-state index >= 15 is 0 Å². The summed E-state index contributed by atoms with van der Waals surface area (Å²) >= 11 is 0. The third kappa shape index (κ3) is 11.4. The Morgan fingerprint density at radius 2 is 2.06 bits per heavy atom. The average Bonchev–Trinajstić information content (AvgIpc) is 2.37. The fourth-order valence-corrected chi connectivity index (χ4v) is 1.53. The Labute approximate surface area is 111 Å². The molecule has 0 radical (unpaired) electrons. The molecule has 0 spiro atoms. The Bertz CT molecular complexity index is 256. The predicted octanol–water partition coefficient (Wildman–Crippen LogP) is 3.38. The maximum absolute atomic E-state index is 10.8. The fourth-order valence-electron chi connectivity index (χ4n) is 1.53. The standard InChI is InChI=1S/C15H26O3/c1-3-4-8-11-14(16)12-9-6-5-7-10-13-15(17)18-2/h5-6,9,12,14,16H,3-4,7-8,10-11,13H2,1-2H3/b6-5-,12-9+. The molecule has 1 atom stereocenters. The van der Waals surface area contributed by atoms with Crippen LogP contribution < -0.4 is 0 Å². The van der Waals surface area contributed by atoms with Gasteiger partial charge in [-0.2, -0.15) is 0 Å². The van der Waals surface area contributed by atoms with Crippen LogP contribution in [0.25, 0.3) is 0 Å². The highest BCUT2D eigenvalue weighted by Crippen LogP contribution is 2.04. The molecule has 1 unspecified atom stereocenters. The summed E-state index contributed by atoms with van der Waals surface area (Å²) in [5.74, 6) is -0.162. The Kier molecular flexibility index (Phi) is 11.6. The van der Waals surface area contributed by atoms with Gasteiger partial charge in [-0.3, -0.25) is 4.79 Å². The smallest absolute Gasteiger partial charge is 0.305 e. The van der Waals surface area contributed by atoms with Crippen molar-refractivity contribution in [2.75, 3.05) is 7.11 Å². The van der Waals surface area contributed by atoms with Crippen LogP contribution >= 0.6 is 0 Å². The molecule has 0 heterocycles. The van der Waals surface area contributed by atoms with Crippen LogP contribution in [0.15, 0.2) is 24.3 Å². The van der Waals surface area contributed by atoms with Crippen molar-refractivity contribution < 1.29 is 14.6 Å². The van der Waals surface area contributed by atoms with Gasteiger partial charge in [-0.15, -0.1) is 0 Å². The molecule has 0 aromatic heterocycles. The van der Waals surface area contributed by atoms with Gasteiger partial charge >= 0.3 is 5.97 Å². The lowest BCUT2D eigenvalue weighted by atomic mass is 10.1. The number of carbonyl (C=O) groups is 1. The first-order chi connectivity index (χ1) is 8.70. The van der Waals surface area contributed by atoms with Crippen LogP contribution in [0.1, 0.15) is 51.9 Å². The van der Waals surface area contributed by atoms with Gasteiger partial charge in [0, 0.05) is 6.42 Å². The van der Waals surface area contributed by atoms with Crippen LogP contribution in [-0.4, -0.2) is 24.3 Å². The van der Waals surface area contributed by atoms with Crippen LogP contribution in [0.2, 0.25) is 0 Å². The number of unbranched alkanes of at least 4 members (excludes halogenated alkanes) is 3. The Morgan fingerprint density at radius 3 is 2.72 bits per heavy atom. The first kappa shape index (κ1) is 16.9. The first-order valence-electron chi connectivity index (χ1n) is 6.79. The van der Waals surface area contributed by atoms with Gasteiger partial charge in [0.25, 0.3) is 0 Å². The van der Waals surface area contributed by atoms with E-state index in [0.717, 1.165) is 25.7 Å².